The molecule has 0 aromatic carbocycles. The summed E-state index contributed by atoms with van der Waals surface area (Å²) in [5, 5.41) is 7.12. The topological polar surface area (TPSA) is 96.6 Å². The van der Waals surface area contributed by atoms with E-state index in [2.05, 4.69) is 29.3 Å². The molecule has 9 nitrogen and oxygen atoms in total. The number of hydrogen-bond acceptors (Lipinski definition) is 7. The fourth-order valence-corrected chi connectivity index (χ4v) is 3.38. The Kier molecular flexibility index (Phi) is 6.33. The first-order valence-electron chi connectivity index (χ1n) is 8.87. The number of nitrogens with zero attached hydrogens (tertiary/aromatic N) is 6. The number of fused-ring (bicyclic) bond motifs is 1. The van der Waals surface area contributed by atoms with E-state index in [1.54, 1.807) is 12.4 Å². The first kappa shape index (κ1) is 21.0. The molecule has 4 rings (SSSR count). The summed E-state index contributed by atoms with van der Waals surface area (Å²) in [5.41, 5.74) is 1.23. The van der Waals surface area contributed by atoms with Gasteiger partial charge in [-0.1, -0.05) is 0 Å². The average Bonchev–Trinajstić information content (AvgIpc) is 3.28. The molecule has 0 unspecified atom stereocenters. The van der Waals surface area contributed by atoms with Gasteiger partial charge in [-0.3, -0.25) is 9.88 Å². The molecule has 2 saturated heterocycles. The number of rotatable bonds is 3. The van der Waals surface area contributed by atoms with Crippen molar-refractivity contribution in [3.05, 3.63) is 36.8 Å². The van der Waals surface area contributed by atoms with Gasteiger partial charge in [0.2, 0.25) is 0 Å². The highest BCUT2D eigenvalue weighted by molar-refractivity contribution is 5.73. The van der Waals surface area contributed by atoms with Crippen molar-refractivity contribution in [2.24, 2.45) is 7.05 Å². The number of carboxylic acid groups (broad SMARTS) is 1. The summed E-state index contributed by atoms with van der Waals surface area (Å²) in [5.74, 6) is -1.81. The first-order valence-corrected chi connectivity index (χ1v) is 8.87. The molecule has 2 aromatic heterocycles. The largest absolute Gasteiger partial charge is 0.490 e. The van der Waals surface area contributed by atoms with E-state index in [9.17, 15) is 13.2 Å². The van der Waals surface area contributed by atoms with Gasteiger partial charge in [0.15, 0.2) is 0 Å². The van der Waals surface area contributed by atoms with Crippen LogP contribution in [0.1, 0.15) is 5.69 Å². The summed E-state index contributed by atoms with van der Waals surface area (Å²) in [4.78, 5) is 26.5. The zero-order valence-corrected chi connectivity index (χ0v) is 15.7. The van der Waals surface area contributed by atoms with Crippen molar-refractivity contribution >= 4 is 11.8 Å². The molecule has 2 atom stereocenters. The second-order valence-electron chi connectivity index (χ2n) is 6.73. The fraction of sp³-hybridized carbons (Fsp3) is 0.529. The van der Waals surface area contributed by atoms with Gasteiger partial charge >= 0.3 is 12.1 Å². The molecule has 2 fully saturated rings. The van der Waals surface area contributed by atoms with Crippen LogP contribution < -0.4 is 4.90 Å². The van der Waals surface area contributed by atoms with Gasteiger partial charge < -0.3 is 19.3 Å². The molecule has 0 amide bonds. The summed E-state index contributed by atoms with van der Waals surface area (Å²) >= 11 is 0. The Labute approximate surface area is 164 Å². The predicted molar refractivity (Wildman–Crippen MR) is 95.1 cm³/mol. The predicted octanol–water partition coefficient (Wildman–Crippen LogP) is 0.933. The number of aliphatic carboxylic acids is 1. The molecule has 0 spiro atoms. The van der Waals surface area contributed by atoms with Crippen molar-refractivity contribution in [3.63, 3.8) is 0 Å². The number of carboxylic acids is 1. The highest BCUT2D eigenvalue weighted by Gasteiger charge is 2.41. The normalized spacial score (nSPS) is 22.0. The van der Waals surface area contributed by atoms with E-state index in [0.717, 1.165) is 38.6 Å². The number of imidazole rings is 1. The quantitative estimate of drug-likeness (QED) is 0.793. The third-order valence-corrected chi connectivity index (χ3v) is 4.77. The molecular formula is C17H21F3N6O3. The highest BCUT2D eigenvalue weighted by Crippen LogP contribution is 2.27. The molecule has 0 bridgehead atoms. The molecule has 1 N–H and O–H groups in total. The minimum absolute atomic E-state index is 0.240. The van der Waals surface area contributed by atoms with Gasteiger partial charge in [0.05, 0.1) is 37.0 Å². The van der Waals surface area contributed by atoms with Crippen LogP contribution in [-0.2, 0) is 23.1 Å². The number of alkyl halides is 3. The summed E-state index contributed by atoms with van der Waals surface area (Å²) in [6.45, 7) is 4.46. The summed E-state index contributed by atoms with van der Waals surface area (Å²) < 4.78 is 39.8. The van der Waals surface area contributed by atoms with Crippen LogP contribution in [0.4, 0.5) is 19.0 Å². The lowest BCUT2D eigenvalue weighted by molar-refractivity contribution is -0.192. The standard InChI is InChI=1S/C15H20N6O.C2HF3O2/c1-19-11-17-6-12(19)8-20-9-13-14(10-20)22-5-4-21(13)15-7-16-2-3-18-15;3-2(4,5)1(6)7/h2-3,6-7,11,13-14H,4-5,8-10H2,1H3;(H,6,7)/t13-,14+;/m1./s1. The third kappa shape index (κ3) is 5.21. The van der Waals surface area contributed by atoms with Crippen molar-refractivity contribution in [2.45, 2.75) is 24.9 Å². The van der Waals surface area contributed by atoms with Gasteiger partial charge in [0.25, 0.3) is 0 Å². The van der Waals surface area contributed by atoms with E-state index in [1.807, 2.05) is 25.8 Å². The molecule has 0 aliphatic carbocycles. The SMILES string of the molecule is Cn1cncc1CN1C[C@@H]2OCCN(c3cnccn3)[C@@H]2C1.O=C(O)C(F)(F)F. The average molecular weight is 414 g/mol. The summed E-state index contributed by atoms with van der Waals surface area (Å²) in [6, 6.07) is 0.346. The van der Waals surface area contributed by atoms with Gasteiger partial charge in [-0.15, -0.1) is 0 Å². The molecule has 4 heterocycles. The molecule has 158 valence electrons. The zero-order valence-electron chi connectivity index (χ0n) is 15.7. The number of anilines is 1. The Morgan fingerprint density at radius 3 is 2.62 bits per heavy atom. The number of halogens is 3. The number of aryl methyl sites for hydroxylation is 1. The van der Waals surface area contributed by atoms with Crippen molar-refractivity contribution < 1.29 is 27.8 Å². The summed E-state index contributed by atoms with van der Waals surface area (Å²) in [7, 11) is 2.04. The Bertz CT molecular complexity index is 816. The summed E-state index contributed by atoms with van der Waals surface area (Å²) in [6.07, 6.45) is 4.24. The minimum Gasteiger partial charge on any atom is -0.475 e. The number of aromatic nitrogens is 4. The van der Waals surface area contributed by atoms with E-state index < -0.39 is 12.1 Å². The molecule has 12 heteroatoms. The van der Waals surface area contributed by atoms with Crippen LogP contribution >= 0.6 is 0 Å². The van der Waals surface area contributed by atoms with Crippen LogP contribution in [0.25, 0.3) is 0 Å². The highest BCUT2D eigenvalue weighted by atomic mass is 19.4. The number of carbonyl (C=O) groups is 1. The number of ether oxygens (including phenoxy) is 1. The maximum absolute atomic E-state index is 10.6. The van der Waals surface area contributed by atoms with Crippen molar-refractivity contribution in [3.8, 4) is 0 Å². The van der Waals surface area contributed by atoms with Gasteiger partial charge in [-0.25, -0.2) is 14.8 Å². The monoisotopic (exact) mass is 414 g/mol. The van der Waals surface area contributed by atoms with Crippen molar-refractivity contribution in [2.75, 3.05) is 31.1 Å². The van der Waals surface area contributed by atoms with Gasteiger partial charge in [0, 0.05) is 51.8 Å². The lowest BCUT2D eigenvalue weighted by atomic mass is 10.1. The molecule has 2 aliphatic heterocycles. The van der Waals surface area contributed by atoms with Crippen molar-refractivity contribution in [1.82, 2.24) is 24.4 Å². The van der Waals surface area contributed by atoms with E-state index in [0.29, 0.717) is 6.04 Å². The Morgan fingerprint density at radius 1 is 1.28 bits per heavy atom. The molecule has 2 aliphatic rings. The van der Waals surface area contributed by atoms with Crippen LogP contribution in [0, 0.1) is 0 Å². The number of hydrogen-bond donors (Lipinski definition) is 1. The van der Waals surface area contributed by atoms with E-state index in [1.165, 1.54) is 5.69 Å². The van der Waals surface area contributed by atoms with Gasteiger partial charge in [-0.05, 0) is 0 Å². The van der Waals surface area contributed by atoms with Crippen LogP contribution in [-0.4, -0.2) is 80.1 Å². The van der Waals surface area contributed by atoms with Gasteiger partial charge in [0.1, 0.15) is 5.82 Å². The van der Waals surface area contributed by atoms with Crippen LogP contribution in [0.15, 0.2) is 31.1 Å². The maximum atomic E-state index is 10.6. The first-order chi connectivity index (χ1) is 13.8. The van der Waals surface area contributed by atoms with Crippen molar-refractivity contribution in [1.29, 1.82) is 0 Å². The molecule has 2 aromatic rings. The second kappa shape index (κ2) is 8.74. The Balaban J connectivity index is 0.000000298. The van der Waals surface area contributed by atoms with Crippen LogP contribution in [0.3, 0.4) is 0 Å². The smallest absolute Gasteiger partial charge is 0.475 e. The lowest BCUT2D eigenvalue weighted by Gasteiger charge is -2.37. The molecule has 0 saturated carbocycles. The fourth-order valence-electron chi connectivity index (χ4n) is 3.38. The lowest BCUT2D eigenvalue weighted by Crippen LogP contribution is -2.51. The minimum atomic E-state index is -5.08. The van der Waals surface area contributed by atoms with Crippen LogP contribution in [0.5, 0.6) is 0 Å². The van der Waals surface area contributed by atoms with Gasteiger partial charge in [-0.2, -0.15) is 13.2 Å². The van der Waals surface area contributed by atoms with E-state index in [-0.39, 0.29) is 6.10 Å². The molecule has 0 radical (unpaired) electrons. The zero-order chi connectivity index (χ0) is 21.0. The van der Waals surface area contributed by atoms with E-state index >= 15 is 0 Å². The number of morpholine rings is 1. The Hall–Kier alpha value is -2.73. The maximum Gasteiger partial charge on any atom is 0.490 e. The second-order valence-corrected chi connectivity index (χ2v) is 6.73. The Morgan fingerprint density at radius 2 is 2.03 bits per heavy atom. The molecular weight excluding hydrogens is 393 g/mol. The van der Waals surface area contributed by atoms with E-state index in [4.69, 9.17) is 14.6 Å². The molecule has 29 heavy (non-hydrogen) atoms. The number of likely N-dealkylation sites (tertiary alicyclic amines) is 1. The van der Waals surface area contributed by atoms with Crippen LogP contribution in [0.2, 0.25) is 0 Å². The third-order valence-electron chi connectivity index (χ3n) is 4.77.